The first-order valence-electron chi connectivity index (χ1n) is 5.84. The van der Waals surface area contributed by atoms with Crippen molar-refractivity contribution in [2.75, 3.05) is 25.0 Å². The minimum atomic E-state index is -0.914. The van der Waals surface area contributed by atoms with Gasteiger partial charge in [0.15, 0.2) is 5.13 Å². The molecule has 0 aliphatic carbocycles. The fraction of sp³-hybridized carbons (Fsp3) is 0.636. The molecule has 1 unspecified atom stereocenters. The van der Waals surface area contributed by atoms with E-state index in [4.69, 9.17) is 5.11 Å². The maximum Gasteiger partial charge on any atom is 0.347 e. The van der Waals surface area contributed by atoms with Gasteiger partial charge in [-0.15, -0.1) is 0 Å². The van der Waals surface area contributed by atoms with Crippen LogP contribution in [0.5, 0.6) is 0 Å². The van der Waals surface area contributed by atoms with Crippen molar-refractivity contribution >= 4 is 22.4 Å². The number of thiazole rings is 1. The lowest BCUT2D eigenvalue weighted by molar-refractivity contribution is 0.0702. The lowest BCUT2D eigenvalue weighted by atomic mass is 10.3. The Morgan fingerprint density at radius 2 is 2.35 bits per heavy atom. The van der Waals surface area contributed by atoms with Crippen molar-refractivity contribution in [2.24, 2.45) is 0 Å². The Balaban J connectivity index is 1.82. The summed E-state index contributed by atoms with van der Waals surface area (Å²) in [7, 11) is 0. The van der Waals surface area contributed by atoms with Crippen LogP contribution in [0.15, 0.2) is 6.20 Å². The molecule has 6 heteroatoms. The molecule has 1 fully saturated rings. The minimum Gasteiger partial charge on any atom is -0.477 e. The van der Waals surface area contributed by atoms with E-state index in [0.29, 0.717) is 11.2 Å². The highest BCUT2D eigenvalue weighted by Gasteiger charge is 2.18. The number of likely N-dealkylation sites (tertiary alicyclic amines) is 1. The van der Waals surface area contributed by atoms with Crippen molar-refractivity contribution in [3.63, 3.8) is 0 Å². The Hall–Kier alpha value is -1.14. The van der Waals surface area contributed by atoms with Gasteiger partial charge in [-0.2, -0.15) is 0 Å². The van der Waals surface area contributed by atoms with E-state index in [1.54, 1.807) is 0 Å². The van der Waals surface area contributed by atoms with Crippen molar-refractivity contribution in [2.45, 2.75) is 25.8 Å². The summed E-state index contributed by atoms with van der Waals surface area (Å²) >= 11 is 1.19. The van der Waals surface area contributed by atoms with Gasteiger partial charge in [0.05, 0.1) is 6.20 Å². The molecular weight excluding hydrogens is 238 g/mol. The number of hydrogen-bond acceptors (Lipinski definition) is 5. The van der Waals surface area contributed by atoms with Crippen LogP contribution in [0.25, 0.3) is 0 Å². The number of carboxylic acids is 1. The highest BCUT2D eigenvalue weighted by Crippen LogP contribution is 2.18. The molecule has 0 aromatic carbocycles. The minimum absolute atomic E-state index is 0.279. The number of rotatable bonds is 5. The van der Waals surface area contributed by atoms with Gasteiger partial charge in [-0.3, -0.25) is 4.90 Å². The molecule has 2 N–H and O–H groups in total. The summed E-state index contributed by atoms with van der Waals surface area (Å²) in [6.45, 7) is 5.33. The van der Waals surface area contributed by atoms with E-state index in [1.165, 1.54) is 43.5 Å². The molecule has 0 amide bonds. The van der Waals surface area contributed by atoms with E-state index in [0.717, 1.165) is 6.54 Å². The Kier molecular flexibility index (Phi) is 3.96. The SMILES string of the molecule is CC(CNc1ncc(C(=O)O)s1)N1CCCC1. The van der Waals surface area contributed by atoms with Crippen LogP contribution in [0.1, 0.15) is 29.4 Å². The average Bonchev–Trinajstić information content (AvgIpc) is 2.97. The third kappa shape index (κ3) is 3.17. The Bertz CT molecular complexity index is 388. The van der Waals surface area contributed by atoms with Crippen molar-refractivity contribution in [1.29, 1.82) is 0 Å². The number of anilines is 1. The molecule has 2 heterocycles. The maximum atomic E-state index is 10.7. The van der Waals surface area contributed by atoms with Gasteiger partial charge in [-0.25, -0.2) is 9.78 Å². The largest absolute Gasteiger partial charge is 0.477 e. The number of carboxylic acid groups (broad SMARTS) is 1. The van der Waals surface area contributed by atoms with E-state index in [2.05, 4.69) is 22.1 Å². The van der Waals surface area contributed by atoms with Crippen LogP contribution in [0.2, 0.25) is 0 Å². The second-order valence-corrected chi connectivity index (χ2v) is 5.34. The van der Waals surface area contributed by atoms with Crippen LogP contribution in [0.3, 0.4) is 0 Å². The van der Waals surface area contributed by atoms with E-state index in [1.807, 2.05) is 0 Å². The number of aromatic nitrogens is 1. The zero-order chi connectivity index (χ0) is 12.3. The summed E-state index contributed by atoms with van der Waals surface area (Å²) < 4.78 is 0. The van der Waals surface area contributed by atoms with Crippen LogP contribution in [-0.4, -0.2) is 46.6 Å². The molecule has 1 aliphatic heterocycles. The molecule has 17 heavy (non-hydrogen) atoms. The summed E-state index contributed by atoms with van der Waals surface area (Å²) in [6, 6.07) is 0.467. The fourth-order valence-corrected chi connectivity index (χ4v) is 2.66. The summed E-state index contributed by atoms with van der Waals surface area (Å²) in [5, 5.41) is 12.7. The molecule has 1 aromatic rings. The quantitative estimate of drug-likeness (QED) is 0.839. The number of aromatic carboxylic acids is 1. The molecule has 1 atom stereocenters. The van der Waals surface area contributed by atoms with E-state index in [9.17, 15) is 4.79 Å². The Morgan fingerprint density at radius 1 is 1.65 bits per heavy atom. The van der Waals surface area contributed by atoms with Gasteiger partial charge in [-0.1, -0.05) is 11.3 Å². The van der Waals surface area contributed by atoms with Crippen LogP contribution in [0.4, 0.5) is 5.13 Å². The van der Waals surface area contributed by atoms with E-state index < -0.39 is 5.97 Å². The number of carbonyl (C=O) groups is 1. The van der Waals surface area contributed by atoms with Gasteiger partial charge < -0.3 is 10.4 Å². The first-order chi connectivity index (χ1) is 8.16. The fourth-order valence-electron chi connectivity index (χ4n) is 2.00. The summed E-state index contributed by atoms with van der Waals surface area (Å²) in [5.41, 5.74) is 0. The van der Waals surface area contributed by atoms with Crippen molar-refractivity contribution in [3.8, 4) is 0 Å². The zero-order valence-electron chi connectivity index (χ0n) is 9.85. The first kappa shape index (κ1) is 12.3. The number of nitrogens with one attached hydrogen (secondary N) is 1. The van der Waals surface area contributed by atoms with Gasteiger partial charge in [0.25, 0.3) is 0 Å². The van der Waals surface area contributed by atoms with E-state index >= 15 is 0 Å². The highest BCUT2D eigenvalue weighted by atomic mass is 32.1. The number of hydrogen-bond donors (Lipinski definition) is 2. The summed E-state index contributed by atoms with van der Waals surface area (Å²) in [6.07, 6.45) is 3.96. The summed E-state index contributed by atoms with van der Waals surface area (Å²) in [4.78, 5) is 17.5. The normalized spacial score (nSPS) is 18.2. The van der Waals surface area contributed by atoms with Crippen LogP contribution < -0.4 is 5.32 Å². The molecule has 0 bridgehead atoms. The van der Waals surface area contributed by atoms with Crippen molar-refractivity contribution in [3.05, 3.63) is 11.1 Å². The van der Waals surface area contributed by atoms with Gasteiger partial charge in [0.1, 0.15) is 4.88 Å². The monoisotopic (exact) mass is 255 g/mol. The molecule has 1 aliphatic rings. The van der Waals surface area contributed by atoms with Crippen LogP contribution in [0, 0.1) is 0 Å². The standard InChI is InChI=1S/C11H17N3O2S/c1-8(14-4-2-3-5-14)6-12-11-13-7-9(17-11)10(15)16/h7-8H,2-6H2,1H3,(H,12,13)(H,15,16). The van der Waals surface area contributed by atoms with Gasteiger partial charge >= 0.3 is 5.97 Å². The van der Waals surface area contributed by atoms with Gasteiger partial charge in [0, 0.05) is 12.6 Å². The predicted octanol–water partition coefficient (Wildman–Crippen LogP) is 1.74. The molecule has 2 rings (SSSR count). The van der Waals surface area contributed by atoms with E-state index in [-0.39, 0.29) is 4.88 Å². The third-order valence-electron chi connectivity index (χ3n) is 3.03. The average molecular weight is 255 g/mol. The predicted molar refractivity (Wildman–Crippen MR) is 67.8 cm³/mol. The third-order valence-corrected chi connectivity index (χ3v) is 3.97. The molecule has 0 radical (unpaired) electrons. The van der Waals surface area contributed by atoms with Crippen LogP contribution in [-0.2, 0) is 0 Å². The zero-order valence-corrected chi connectivity index (χ0v) is 10.7. The maximum absolute atomic E-state index is 10.7. The topological polar surface area (TPSA) is 65.5 Å². The van der Waals surface area contributed by atoms with Crippen LogP contribution >= 0.6 is 11.3 Å². The molecule has 1 aromatic heterocycles. The lowest BCUT2D eigenvalue weighted by Gasteiger charge is -2.23. The number of nitrogens with zero attached hydrogens (tertiary/aromatic N) is 2. The van der Waals surface area contributed by atoms with Gasteiger partial charge in [-0.05, 0) is 32.9 Å². The molecule has 0 saturated carbocycles. The second-order valence-electron chi connectivity index (χ2n) is 4.31. The van der Waals surface area contributed by atoms with Gasteiger partial charge in [0.2, 0.25) is 0 Å². The first-order valence-corrected chi connectivity index (χ1v) is 6.65. The molecular formula is C11H17N3O2S. The Labute approximate surface area is 104 Å². The summed E-state index contributed by atoms with van der Waals surface area (Å²) in [5.74, 6) is -0.914. The molecule has 0 spiro atoms. The second kappa shape index (κ2) is 5.46. The van der Waals surface area contributed by atoms with Crippen molar-refractivity contribution in [1.82, 2.24) is 9.88 Å². The lowest BCUT2D eigenvalue weighted by Crippen LogP contribution is -2.35. The highest BCUT2D eigenvalue weighted by molar-refractivity contribution is 7.17. The smallest absolute Gasteiger partial charge is 0.347 e. The van der Waals surface area contributed by atoms with Crippen molar-refractivity contribution < 1.29 is 9.90 Å². The molecule has 94 valence electrons. The Morgan fingerprint density at radius 3 is 2.94 bits per heavy atom. The molecule has 1 saturated heterocycles. The molecule has 5 nitrogen and oxygen atoms in total.